The van der Waals surface area contributed by atoms with Crippen molar-refractivity contribution in [2.75, 3.05) is 42.4 Å². The van der Waals surface area contributed by atoms with E-state index in [-0.39, 0.29) is 11.5 Å². The number of carbonyl (C=O) groups excluding carboxylic acids is 1. The van der Waals surface area contributed by atoms with Crippen LogP contribution in [-0.2, 0) is 4.79 Å². The largest absolute Gasteiger partial charge is 0.495 e. The summed E-state index contributed by atoms with van der Waals surface area (Å²) in [5.41, 5.74) is 0.927. The van der Waals surface area contributed by atoms with Gasteiger partial charge in [-0.2, -0.15) is 4.98 Å². The van der Waals surface area contributed by atoms with Crippen LogP contribution in [0.15, 0.2) is 24.4 Å². The summed E-state index contributed by atoms with van der Waals surface area (Å²) in [7, 11) is 5.06. The van der Waals surface area contributed by atoms with Crippen LogP contribution in [0.1, 0.15) is 37.0 Å². The molecule has 2 aliphatic rings. The molecule has 2 aromatic rings. The van der Waals surface area contributed by atoms with Crippen molar-refractivity contribution in [1.82, 2.24) is 9.97 Å². The molecule has 4 rings (SSSR count). The predicted octanol–water partition coefficient (Wildman–Crippen LogP) is 2.92. The molecular formula is C22H27N5O4. The third-order valence-corrected chi connectivity index (χ3v) is 5.90. The first kappa shape index (κ1) is 20.9. The van der Waals surface area contributed by atoms with Gasteiger partial charge in [0, 0.05) is 26.7 Å². The fourth-order valence-electron chi connectivity index (χ4n) is 3.98. The first-order valence-electron chi connectivity index (χ1n) is 10.2. The van der Waals surface area contributed by atoms with Gasteiger partial charge in [0.15, 0.2) is 5.82 Å². The molecule has 1 aromatic carbocycles. The van der Waals surface area contributed by atoms with Crippen molar-refractivity contribution in [2.45, 2.75) is 32.7 Å². The van der Waals surface area contributed by atoms with E-state index in [2.05, 4.69) is 9.88 Å². The van der Waals surface area contributed by atoms with Gasteiger partial charge in [-0.1, -0.05) is 0 Å². The number of aromatic nitrogens is 2. The fraction of sp³-hybridized carbons (Fsp3) is 0.455. The molecule has 1 fully saturated rings. The lowest BCUT2D eigenvalue weighted by Gasteiger charge is -2.30. The smallest absolute Gasteiger partial charge is 0.335 e. The number of aromatic carboxylic acids is 1. The van der Waals surface area contributed by atoms with Crippen molar-refractivity contribution in [3.63, 3.8) is 0 Å². The molecule has 31 heavy (non-hydrogen) atoms. The van der Waals surface area contributed by atoms with Gasteiger partial charge in [0.2, 0.25) is 11.9 Å². The number of carboxylic acids is 1. The number of carboxylic acid groups (broad SMARTS) is 1. The lowest BCUT2D eigenvalue weighted by Crippen LogP contribution is -2.43. The molecule has 0 saturated heterocycles. The fourth-order valence-corrected chi connectivity index (χ4v) is 3.98. The monoisotopic (exact) mass is 425 g/mol. The molecule has 1 aliphatic carbocycles. The summed E-state index contributed by atoms with van der Waals surface area (Å²) in [6, 6.07) is 5.04. The summed E-state index contributed by atoms with van der Waals surface area (Å²) >= 11 is 0. The summed E-state index contributed by atoms with van der Waals surface area (Å²) < 4.78 is 5.42. The Bertz CT molecular complexity index is 1050. The van der Waals surface area contributed by atoms with Crippen LogP contribution in [0.3, 0.4) is 0 Å². The standard InChI is InChI=1S/C22H27N5O4/c1-22(2)12-27(14-7-8-14)18-16(25(3)20(22)30)11-23-21(24-18)26(4)15-9-6-13(19(28)29)10-17(15)31-5/h6,9-11,14H,7-8,12H2,1-5H3,(H,28,29). The summed E-state index contributed by atoms with van der Waals surface area (Å²) in [6.45, 7) is 4.51. The second kappa shape index (κ2) is 7.40. The number of nitrogens with zero attached hydrogens (tertiary/aromatic N) is 5. The number of methoxy groups -OCH3 is 1. The van der Waals surface area contributed by atoms with E-state index in [1.807, 2.05) is 13.8 Å². The molecule has 164 valence electrons. The zero-order valence-electron chi connectivity index (χ0n) is 18.4. The highest BCUT2D eigenvalue weighted by molar-refractivity contribution is 6.01. The number of amides is 1. The van der Waals surface area contributed by atoms with Gasteiger partial charge < -0.3 is 24.5 Å². The first-order chi connectivity index (χ1) is 14.6. The van der Waals surface area contributed by atoms with E-state index >= 15 is 0 Å². The van der Waals surface area contributed by atoms with Crippen LogP contribution in [-0.4, -0.2) is 60.7 Å². The minimum atomic E-state index is -1.02. The summed E-state index contributed by atoms with van der Waals surface area (Å²) in [6.07, 6.45) is 3.83. The molecule has 1 saturated carbocycles. The zero-order valence-corrected chi connectivity index (χ0v) is 18.4. The van der Waals surface area contributed by atoms with Crippen LogP contribution in [0.4, 0.5) is 23.1 Å². The molecule has 0 atom stereocenters. The van der Waals surface area contributed by atoms with E-state index in [9.17, 15) is 14.7 Å². The van der Waals surface area contributed by atoms with Crippen LogP contribution in [0.5, 0.6) is 5.75 Å². The number of hydrogen-bond acceptors (Lipinski definition) is 7. The molecule has 0 bridgehead atoms. The maximum atomic E-state index is 13.0. The maximum absolute atomic E-state index is 13.0. The third kappa shape index (κ3) is 3.64. The van der Waals surface area contributed by atoms with Gasteiger partial charge in [-0.25, -0.2) is 9.78 Å². The molecule has 1 amide bonds. The van der Waals surface area contributed by atoms with E-state index < -0.39 is 11.4 Å². The Balaban J connectivity index is 1.77. The SMILES string of the molecule is COc1cc(C(=O)O)ccc1N(C)c1ncc2c(n1)N(C1CC1)CC(C)(C)C(=O)N2C. The Labute approximate surface area is 181 Å². The van der Waals surface area contributed by atoms with Gasteiger partial charge in [-0.05, 0) is 44.9 Å². The lowest BCUT2D eigenvalue weighted by molar-refractivity contribution is -0.125. The predicted molar refractivity (Wildman–Crippen MR) is 118 cm³/mol. The molecule has 2 heterocycles. The average molecular weight is 425 g/mol. The molecule has 1 aliphatic heterocycles. The van der Waals surface area contributed by atoms with Gasteiger partial charge in [0.25, 0.3) is 0 Å². The molecule has 1 N–H and O–H groups in total. The third-order valence-electron chi connectivity index (χ3n) is 5.90. The maximum Gasteiger partial charge on any atom is 0.335 e. The first-order valence-corrected chi connectivity index (χ1v) is 10.2. The number of rotatable bonds is 5. The number of hydrogen-bond donors (Lipinski definition) is 1. The van der Waals surface area contributed by atoms with Crippen LogP contribution < -0.4 is 19.4 Å². The van der Waals surface area contributed by atoms with E-state index in [0.29, 0.717) is 35.7 Å². The van der Waals surface area contributed by atoms with E-state index in [4.69, 9.17) is 9.72 Å². The van der Waals surface area contributed by atoms with E-state index in [1.54, 1.807) is 36.2 Å². The van der Waals surface area contributed by atoms with E-state index in [1.165, 1.54) is 19.2 Å². The Morgan fingerprint density at radius 3 is 2.65 bits per heavy atom. The van der Waals surface area contributed by atoms with Gasteiger partial charge in [-0.3, -0.25) is 4.79 Å². The Morgan fingerprint density at radius 1 is 1.32 bits per heavy atom. The Morgan fingerprint density at radius 2 is 2.03 bits per heavy atom. The molecule has 0 radical (unpaired) electrons. The van der Waals surface area contributed by atoms with Crippen molar-refractivity contribution in [1.29, 1.82) is 0 Å². The summed E-state index contributed by atoms with van der Waals surface area (Å²) in [5, 5.41) is 9.25. The number of anilines is 4. The molecule has 0 unspecified atom stereocenters. The van der Waals surface area contributed by atoms with Crippen molar-refractivity contribution < 1.29 is 19.4 Å². The topological polar surface area (TPSA) is 99.1 Å². The number of fused-ring (bicyclic) bond motifs is 1. The minimum Gasteiger partial charge on any atom is -0.495 e. The minimum absolute atomic E-state index is 0.0348. The normalized spacial score (nSPS) is 17.8. The van der Waals surface area contributed by atoms with E-state index in [0.717, 1.165) is 18.7 Å². The van der Waals surface area contributed by atoms with Gasteiger partial charge in [0.05, 0.1) is 30.0 Å². The average Bonchev–Trinajstić information content (AvgIpc) is 3.60. The molecule has 9 heteroatoms. The highest BCUT2D eigenvalue weighted by Crippen LogP contribution is 2.43. The molecule has 1 aromatic heterocycles. The molecule has 9 nitrogen and oxygen atoms in total. The van der Waals surface area contributed by atoms with Crippen molar-refractivity contribution >= 4 is 35.0 Å². The zero-order chi connectivity index (χ0) is 22.5. The van der Waals surface area contributed by atoms with Gasteiger partial charge in [0.1, 0.15) is 11.4 Å². The Kier molecular flexibility index (Phi) is 4.99. The molecular weight excluding hydrogens is 398 g/mol. The molecule has 0 spiro atoms. The van der Waals surface area contributed by atoms with Gasteiger partial charge in [-0.15, -0.1) is 0 Å². The van der Waals surface area contributed by atoms with Crippen molar-refractivity contribution in [2.24, 2.45) is 5.41 Å². The Hall–Kier alpha value is -3.36. The lowest BCUT2D eigenvalue weighted by atomic mass is 9.91. The van der Waals surface area contributed by atoms with Crippen molar-refractivity contribution in [3.05, 3.63) is 30.0 Å². The quantitative estimate of drug-likeness (QED) is 0.781. The highest BCUT2D eigenvalue weighted by atomic mass is 16.5. The highest BCUT2D eigenvalue weighted by Gasteiger charge is 2.43. The number of carbonyl (C=O) groups is 2. The second-order valence-electron chi connectivity index (χ2n) is 8.74. The second-order valence-corrected chi connectivity index (χ2v) is 8.74. The van der Waals surface area contributed by atoms with Gasteiger partial charge >= 0.3 is 5.97 Å². The summed E-state index contributed by atoms with van der Waals surface area (Å²) in [5.74, 6) is 0.596. The number of benzene rings is 1. The van der Waals surface area contributed by atoms with Crippen LogP contribution in [0.2, 0.25) is 0 Å². The van der Waals surface area contributed by atoms with Crippen LogP contribution >= 0.6 is 0 Å². The number of ether oxygens (including phenoxy) is 1. The van der Waals surface area contributed by atoms with Crippen molar-refractivity contribution in [3.8, 4) is 5.75 Å². The van der Waals surface area contributed by atoms with Crippen LogP contribution in [0.25, 0.3) is 0 Å². The summed E-state index contributed by atoms with van der Waals surface area (Å²) in [4.78, 5) is 39.3. The van der Waals surface area contributed by atoms with Crippen LogP contribution in [0, 0.1) is 5.41 Å².